The molecule has 0 aliphatic rings. The highest BCUT2D eigenvalue weighted by Crippen LogP contribution is 1.99. The Balaban J connectivity index is 3.24. The third kappa shape index (κ3) is 9.22. The summed E-state index contributed by atoms with van der Waals surface area (Å²) in [7, 11) is 0. The zero-order valence-corrected chi connectivity index (χ0v) is 8.34. The minimum Gasteiger partial charge on any atom is -0.103 e. The van der Waals surface area contributed by atoms with Crippen LogP contribution in [0.15, 0.2) is 36.5 Å². The molecule has 0 saturated carbocycles. The van der Waals surface area contributed by atoms with Gasteiger partial charge in [0.25, 0.3) is 0 Å². The smallest absolute Gasteiger partial charge is 0.0314 e. The fourth-order valence-corrected chi connectivity index (χ4v) is 0.918. The van der Waals surface area contributed by atoms with Gasteiger partial charge < -0.3 is 0 Å². The number of rotatable bonds is 6. The molecule has 0 unspecified atom stereocenters. The predicted molar refractivity (Wildman–Crippen MR) is 57.2 cm³/mol. The lowest BCUT2D eigenvalue weighted by molar-refractivity contribution is 0.998. The summed E-state index contributed by atoms with van der Waals surface area (Å²) in [5, 5.41) is 0. The van der Waals surface area contributed by atoms with E-state index in [0.717, 1.165) is 12.8 Å². The van der Waals surface area contributed by atoms with Gasteiger partial charge in [-0.05, 0) is 39.5 Å². The van der Waals surface area contributed by atoms with Crippen LogP contribution >= 0.6 is 0 Å². The SMILES string of the molecule is C=CCCC=CCCC=C(C)C. The third-order valence-electron chi connectivity index (χ3n) is 1.59. The van der Waals surface area contributed by atoms with Crippen LogP contribution in [0.5, 0.6) is 0 Å². The Labute approximate surface area is 76.7 Å². The van der Waals surface area contributed by atoms with Gasteiger partial charge in [-0.15, -0.1) is 6.58 Å². The fourth-order valence-electron chi connectivity index (χ4n) is 0.918. The molecular formula is C12H20. The van der Waals surface area contributed by atoms with E-state index < -0.39 is 0 Å². The van der Waals surface area contributed by atoms with Crippen molar-refractivity contribution in [2.75, 3.05) is 0 Å². The molecule has 0 aliphatic carbocycles. The van der Waals surface area contributed by atoms with E-state index in [2.05, 4.69) is 38.7 Å². The number of allylic oxidation sites excluding steroid dienone is 5. The van der Waals surface area contributed by atoms with Crippen LogP contribution < -0.4 is 0 Å². The molecule has 0 aromatic rings. The molecule has 0 saturated heterocycles. The van der Waals surface area contributed by atoms with E-state index in [0.29, 0.717) is 0 Å². The van der Waals surface area contributed by atoms with Crippen LogP contribution in [0.4, 0.5) is 0 Å². The van der Waals surface area contributed by atoms with Gasteiger partial charge in [-0.3, -0.25) is 0 Å². The standard InChI is InChI=1S/C12H20/c1-4-5-6-7-8-9-10-11-12(2)3/h4,7-8,11H,1,5-6,9-10H2,2-3H3. The molecule has 0 N–H and O–H groups in total. The Bertz CT molecular complexity index is 157. The molecule has 0 heterocycles. The average molecular weight is 164 g/mol. The van der Waals surface area contributed by atoms with E-state index in [9.17, 15) is 0 Å². The molecule has 0 bridgehead atoms. The van der Waals surface area contributed by atoms with Gasteiger partial charge in [-0.25, -0.2) is 0 Å². The van der Waals surface area contributed by atoms with E-state index >= 15 is 0 Å². The van der Waals surface area contributed by atoms with E-state index in [-0.39, 0.29) is 0 Å². The van der Waals surface area contributed by atoms with Crippen LogP contribution in [0.2, 0.25) is 0 Å². The molecule has 0 amide bonds. The van der Waals surface area contributed by atoms with Crippen LogP contribution in [0, 0.1) is 0 Å². The van der Waals surface area contributed by atoms with Crippen LogP contribution in [0.3, 0.4) is 0 Å². The van der Waals surface area contributed by atoms with E-state index in [4.69, 9.17) is 0 Å². The zero-order chi connectivity index (χ0) is 9.23. The molecule has 0 nitrogen and oxygen atoms in total. The first-order valence-electron chi connectivity index (χ1n) is 4.66. The fraction of sp³-hybridized carbons (Fsp3) is 0.500. The molecule has 12 heavy (non-hydrogen) atoms. The van der Waals surface area contributed by atoms with Crippen molar-refractivity contribution in [2.24, 2.45) is 0 Å². The molecule has 0 rings (SSSR count). The predicted octanol–water partition coefficient (Wildman–Crippen LogP) is 4.26. The summed E-state index contributed by atoms with van der Waals surface area (Å²) >= 11 is 0. The lowest BCUT2D eigenvalue weighted by Gasteiger charge is -1.89. The molecule has 0 aromatic heterocycles. The lowest BCUT2D eigenvalue weighted by Crippen LogP contribution is -1.68. The van der Waals surface area contributed by atoms with Gasteiger partial charge in [-0.1, -0.05) is 29.9 Å². The highest BCUT2D eigenvalue weighted by molar-refractivity contribution is 4.95. The second kappa shape index (κ2) is 8.32. The Kier molecular flexibility index (Phi) is 7.78. The number of unbranched alkanes of at least 4 members (excludes halogenated alkanes) is 2. The maximum Gasteiger partial charge on any atom is -0.0314 e. The van der Waals surface area contributed by atoms with Crippen molar-refractivity contribution in [3.63, 3.8) is 0 Å². The molecular weight excluding hydrogens is 144 g/mol. The maximum absolute atomic E-state index is 3.67. The summed E-state index contributed by atoms with van der Waals surface area (Å²) in [5.74, 6) is 0. The van der Waals surface area contributed by atoms with E-state index in [1.165, 1.54) is 18.4 Å². The first-order chi connectivity index (χ1) is 5.77. The van der Waals surface area contributed by atoms with Crippen LogP contribution in [-0.2, 0) is 0 Å². The summed E-state index contributed by atoms with van der Waals surface area (Å²) in [5.41, 5.74) is 1.41. The molecule has 0 fully saturated rings. The van der Waals surface area contributed by atoms with Crippen molar-refractivity contribution < 1.29 is 0 Å². The third-order valence-corrected chi connectivity index (χ3v) is 1.59. The second-order valence-electron chi connectivity index (χ2n) is 3.20. The first-order valence-corrected chi connectivity index (χ1v) is 4.66. The molecule has 0 aromatic carbocycles. The Hall–Kier alpha value is -0.780. The maximum atomic E-state index is 3.67. The summed E-state index contributed by atoms with van der Waals surface area (Å²) in [6.45, 7) is 7.96. The van der Waals surface area contributed by atoms with Gasteiger partial charge in [-0.2, -0.15) is 0 Å². The van der Waals surface area contributed by atoms with Gasteiger partial charge >= 0.3 is 0 Å². The Morgan fingerprint density at radius 2 is 1.58 bits per heavy atom. The molecule has 0 radical (unpaired) electrons. The zero-order valence-electron chi connectivity index (χ0n) is 8.34. The van der Waals surface area contributed by atoms with Crippen molar-refractivity contribution in [3.05, 3.63) is 36.5 Å². The highest BCUT2D eigenvalue weighted by Gasteiger charge is 1.79. The van der Waals surface area contributed by atoms with Gasteiger partial charge in [0.1, 0.15) is 0 Å². The summed E-state index contributed by atoms with van der Waals surface area (Å²) < 4.78 is 0. The Morgan fingerprint density at radius 3 is 2.08 bits per heavy atom. The van der Waals surface area contributed by atoms with Crippen molar-refractivity contribution in [2.45, 2.75) is 39.5 Å². The minimum absolute atomic E-state index is 1.10. The molecule has 68 valence electrons. The molecule has 0 aliphatic heterocycles. The second-order valence-corrected chi connectivity index (χ2v) is 3.20. The van der Waals surface area contributed by atoms with E-state index in [1.54, 1.807) is 0 Å². The molecule has 0 heteroatoms. The van der Waals surface area contributed by atoms with Crippen molar-refractivity contribution in [3.8, 4) is 0 Å². The minimum atomic E-state index is 1.10. The van der Waals surface area contributed by atoms with E-state index in [1.807, 2.05) is 6.08 Å². The van der Waals surface area contributed by atoms with Gasteiger partial charge in [0.05, 0.1) is 0 Å². The topological polar surface area (TPSA) is 0 Å². The molecule has 0 atom stereocenters. The van der Waals surface area contributed by atoms with Gasteiger partial charge in [0.2, 0.25) is 0 Å². The van der Waals surface area contributed by atoms with Gasteiger partial charge in [0, 0.05) is 0 Å². The largest absolute Gasteiger partial charge is 0.103 e. The van der Waals surface area contributed by atoms with Gasteiger partial charge in [0.15, 0.2) is 0 Å². The highest BCUT2D eigenvalue weighted by atomic mass is 13.9. The number of hydrogen-bond donors (Lipinski definition) is 0. The quantitative estimate of drug-likeness (QED) is 0.406. The van der Waals surface area contributed by atoms with Crippen molar-refractivity contribution in [1.29, 1.82) is 0 Å². The normalized spacial score (nSPS) is 10.2. The van der Waals surface area contributed by atoms with Crippen LogP contribution in [0.1, 0.15) is 39.5 Å². The Morgan fingerprint density at radius 1 is 1.00 bits per heavy atom. The summed E-state index contributed by atoms with van der Waals surface area (Å²) in [4.78, 5) is 0. The monoisotopic (exact) mass is 164 g/mol. The number of hydrogen-bond acceptors (Lipinski definition) is 0. The summed E-state index contributed by atoms with van der Waals surface area (Å²) in [6, 6.07) is 0. The van der Waals surface area contributed by atoms with Crippen LogP contribution in [-0.4, -0.2) is 0 Å². The van der Waals surface area contributed by atoms with Crippen molar-refractivity contribution >= 4 is 0 Å². The lowest BCUT2D eigenvalue weighted by atomic mass is 10.2. The van der Waals surface area contributed by atoms with Crippen molar-refractivity contribution in [1.82, 2.24) is 0 Å². The molecule has 0 spiro atoms. The summed E-state index contributed by atoms with van der Waals surface area (Å²) in [6.07, 6.45) is 13.3. The first kappa shape index (κ1) is 11.2. The van der Waals surface area contributed by atoms with Crippen LogP contribution in [0.25, 0.3) is 0 Å². The average Bonchev–Trinajstić information content (AvgIpc) is 2.02.